The Labute approximate surface area is 142 Å². The lowest BCUT2D eigenvalue weighted by Crippen LogP contribution is -2.26. The van der Waals surface area contributed by atoms with E-state index in [1.165, 1.54) is 5.56 Å². The van der Waals surface area contributed by atoms with Crippen LogP contribution < -0.4 is 5.32 Å². The Hall–Kier alpha value is -1.81. The zero-order valence-electron chi connectivity index (χ0n) is 14.2. The summed E-state index contributed by atoms with van der Waals surface area (Å²) in [7, 11) is 0. The quantitative estimate of drug-likeness (QED) is 0.869. The maximum Gasteiger partial charge on any atom is 0.256 e. The Morgan fingerprint density at radius 3 is 2.52 bits per heavy atom. The number of rotatable bonds is 6. The van der Waals surface area contributed by atoms with Gasteiger partial charge >= 0.3 is 0 Å². The van der Waals surface area contributed by atoms with Gasteiger partial charge in [0.25, 0.3) is 5.91 Å². The summed E-state index contributed by atoms with van der Waals surface area (Å²) in [6, 6.07) is 8.20. The highest BCUT2D eigenvalue weighted by Crippen LogP contribution is 2.21. The molecule has 23 heavy (non-hydrogen) atoms. The van der Waals surface area contributed by atoms with Crippen LogP contribution >= 0.6 is 11.6 Å². The van der Waals surface area contributed by atoms with Crippen LogP contribution in [-0.2, 0) is 6.54 Å². The number of nitrogens with one attached hydrogen (secondary N) is 1. The summed E-state index contributed by atoms with van der Waals surface area (Å²) in [6.45, 7) is 9.33. The minimum absolute atomic E-state index is 0.150. The summed E-state index contributed by atoms with van der Waals surface area (Å²) >= 11 is 6.39. The molecular weight excluding hydrogens is 310 g/mol. The van der Waals surface area contributed by atoms with Gasteiger partial charge in [-0.3, -0.25) is 4.79 Å². The van der Waals surface area contributed by atoms with Gasteiger partial charge in [0.1, 0.15) is 5.15 Å². The number of benzene rings is 1. The van der Waals surface area contributed by atoms with Gasteiger partial charge in [0.15, 0.2) is 0 Å². The number of aromatic nitrogens is 2. The Morgan fingerprint density at radius 1 is 1.26 bits per heavy atom. The smallest absolute Gasteiger partial charge is 0.256 e. The number of carbonyl (C=O) groups excluding carboxylic acids is 1. The lowest BCUT2D eigenvalue weighted by Gasteiger charge is -2.07. The van der Waals surface area contributed by atoms with Crippen molar-refractivity contribution in [3.8, 4) is 0 Å². The summed E-state index contributed by atoms with van der Waals surface area (Å²) < 4.78 is 1.68. The fraction of sp³-hybridized carbons (Fsp3) is 0.444. The fourth-order valence-electron chi connectivity index (χ4n) is 2.35. The van der Waals surface area contributed by atoms with Crippen molar-refractivity contribution in [3.05, 3.63) is 51.8 Å². The predicted molar refractivity (Wildman–Crippen MR) is 94.0 cm³/mol. The highest BCUT2D eigenvalue weighted by molar-refractivity contribution is 6.33. The van der Waals surface area contributed by atoms with E-state index >= 15 is 0 Å². The van der Waals surface area contributed by atoms with E-state index in [-0.39, 0.29) is 5.91 Å². The maximum absolute atomic E-state index is 12.3. The molecule has 0 aliphatic rings. The number of carbonyl (C=O) groups is 1. The molecule has 0 radical (unpaired) electrons. The van der Waals surface area contributed by atoms with Crippen molar-refractivity contribution in [2.75, 3.05) is 6.54 Å². The van der Waals surface area contributed by atoms with E-state index in [0.29, 0.717) is 35.4 Å². The van der Waals surface area contributed by atoms with Gasteiger partial charge in [0, 0.05) is 6.54 Å². The molecule has 1 N–H and O–H groups in total. The van der Waals surface area contributed by atoms with E-state index in [0.717, 1.165) is 12.0 Å². The molecule has 1 aromatic heterocycles. The van der Waals surface area contributed by atoms with Gasteiger partial charge in [-0.15, -0.1) is 0 Å². The van der Waals surface area contributed by atoms with Crippen LogP contribution in [0.4, 0.5) is 0 Å². The van der Waals surface area contributed by atoms with Crippen LogP contribution in [0.25, 0.3) is 0 Å². The highest BCUT2D eigenvalue weighted by Gasteiger charge is 2.20. The molecule has 2 rings (SSSR count). The summed E-state index contributed by atoms with van der Waals surface area (Å²) in [6.07, 6.45) is 0.944. The second kappa shape index (κ2) is 7.64. The molecule has 5 heteroatoms. The van der Waals surface area contributed by atoms with Crippen LogP contribution in [0.5, 0.6) is 0 Å². The molecule has 0 saturated heterocycles. The molecular formula is C18H24ClN3O. The van der Waals surface area contributed by atoms with Crippen molar-refractivity contribution >= 4 is 17.5 Å². The van der Waals surface area contributed by atoms with Crippen LogP contribution in [0.3, 0.4) is 0 Å². The first-order chi connectivity index (χ1) is 10.9. The van der Waals surface area contributed by atoms with Crippen LogP contribution in [0.2, 0.25) is 5.15 Å². The Morgan fingerprint density at radius 2 is 1.91 bits per heavy atom. The van der Waals surface area contributed by atoms with Gasteiger partial charge in [-0.25, -0.2) is 4.68 Å². The number of aryl methyl sites for hydroxylation is 2. The molecule has 0 fully saturated rings. The average Bonchev–Trinajstić information content (AvgIpc) is 2.75. The molecule has 1 aromatic carbocycles. The third-order valence-electron chi connectivity index (χ3n) is 3.75. The Kier molecular flexibility index (Phi) is 5.83. The third-order valence-corrected chi connectivity index (χ3v) is 4.14. The number of amides is 1. The summed E-state index contributed by atoms with van der Waals surface area (Å²) in [5.74, 6) is 0.402. The summed E-state index contributed by atoms with van der Waals surface area (Å²) in [5, 5.41) is 7.73. The topological polar surface area (TPSA) is 46.9 Å². The second-order valence-electron chi connectivity index (χ2n) is 6.33. The zero-order chi connectivity index (χ0) is 17.0. The van der Waals surface area contributed by atoms with Crippen molar-refractivity contribution in [3.63, 3.8) is 0 Å². The molecule has 0 bridgehead atoms. The van der Waals surface area contributed by atoms with Gasteiger partial charge in [-0.2, -0.15) is 5.10 Å². The van der Waals surface area contributed by atoms with E-state index in [9.17, 15) is 4.79 Å². The average molecular weight is 334 g/mol. The normalized spacial score (nSPS) is 11.0. The maximum atomic E-state index is 12.3. The van der Waals surface area contributed by atoms with Crippen LogP contribution in [-0.4, -0.2) is 22.2 Å². The van der Waals surface area contributed by atoms with E-state index in [1.54, 1.807) is 4.68 Å². The van der Waals surface area contributed by atoms with Gasteiger partial charge in [-0.1, -0.05) is 55.3 Å². The SMILES string of the molecule is Cc1ccc(Cn2nc(C)c(C(=O)NCCC(C)C)c2Cl)cc1. The largest absolute Gasteiger partial charge is 0.352 e. The molecule has 0 unspecified atom stereocenters. The predicted octanol–water partition coefficient (Wildman–Crippen LogP) is 3.98. The van der Waals surface area contributed by atoms with Crippen LogP contribution in [0.15, 0.2) is 24.3 Å². The van der Waals surface area contributed by atoms with Gasteiger partial charge < -0.3 is 5.32 Å². The monoisotopic (exact) mass is 333 g/mol. The van der Waals surface area contributed by atoms with Gasteiger partial charge in [-0.05, 0) is 31.7 Å². The standard InChI is InChI=1S/C18H24ClN3O/c1-12(2)9-10-20-18(23)16-14(4)21-22(17(16)19)11-15-7-5-13(3)6-8-15/h5-8,12H,9-11H2,1-4H3,(H,20,23). The van der Waals surface area contributed by atoms with Gasteiger partial charge in [0.2, 0.25) is 0 Å². The van der Waals surface area contributed by atoms with Gasteiger partial charge in [0.05, 0.1) is 17.8 Å². The van der Waals surface area contributed by atoms with E-state index in [2.05, 4.69) is 43.3 Å². The number of hydrogen-bond acceptors (Lipinski definition) is 2. The molecule has 0 spiro atoms. The molecule has 2 aromatic rings. The van der Waals surface area contributed by atoms with Crippen LogP contribution in [0, 0.1) is 19.8 Å². The number of hydrogen-bond donors (Lipinski definition) is 1. The molecule has 0 aliphatic heterocycles. The van der Waals surface area contributed by atoms with E-state index in [1.807, 2.05) is 19.1 Å². The molecule has 124 valence electrons. The van der Waals surface area contributed by atoms with Crippen LogP contribution in [0.1, 0.15) is 47.4 Å². The number of halogens is 1. The second-order valence-corrected chi connectivity index (χ2v) is 6.69. The molecule has 1 heterocycles. The number of nitrogens with zero attached hydrogens (tertiary/aromatic N) is 2. The highest BCUT2D eigenvalue weighted by atomic mass is 35.5. The molecule has 1 amide bonds. The lowest BCUT2D eigenvalue weighted by atomic mass is 10.1. The molecule has 0 aliphatic carbocycles. The van der Waals surface area contributed by atoms with Crippen molar-refractivity contribution in [2.24, 2.45) is 5.92 Å². The summed E-state index contributed by atoms with van der Waals surface area (Å²) in [4.78, 5) is 12.3. The fourth-order valence-corrected chi connectivity index (χ4v) is 2.67. The lowest BCUT2D eigenvalue weighted by molar-refractivity contribution is 0.0951. The van der Waals surface area contributed by atoms with Crippen molar-refractivity contribution in [1.29, 1.82) is 0 Å². The minimum atomic E-state index is -0.150. The molecule has 0 saturated carbocycles. The zero-order valence-corrected chi connectivity index (χ0v) is 14.9. The third kappa shape index (κ3) is 4.58. The van der Waals surface area contributed by atoms with E-state index in [4.69, 9.17) is 11.6 Å². The molecule has 4 nitrogen and oxygen atoms in total. The Balaban J connectivity index is 2.12. The first kappa shape index (κ1) is 17.5. The molecule has 0 atom stereocenters. The van der Waals surface area contributed by atoms with Crippen molar-refractivity contribution in [2.45, 2.75) is 40.7 Å². The van der Waals surface area contributed by atoms with E-state index < -0.39 is 0 Å². The van der Waals surface area contributed by atoms with Crippen molar-refractivity contribution < 1.29 is 4.79 Å². The minimum Gasteiger partial charge on any atom is -0.352 e. The first-order valence-corrected chi connectivity index (χ1v) is 8.33. The van der Waals surface area contributed by atoms with Crippen molar-refractivity contribution in [1.82, 2.24) is 15.1 Å². The summed E-state index contributed by atoms with van der Waals surface area (Å²) in [5.41, 5.74) is 3.44. The Bertz CT molecular complexity index is 674. The first-order valence-electron chi connectivity index (χ1n) is 7.95.